The molecule has 9 heteroatoms. The predicted octanol–water partition coefficient (Wildman–Crippen LogP) is 3.27. The van der Waals surface area contributed by atoms with Crippen LogP contribution in [0.15, 0.2) is 12.3 Å². The maximum Gasteiger partial charge on any atom is 0.264 e. The van der Waals surface area contributed by atoms with Gasteiger partial charge in [-0.1, -0.05) is 6.92 Å². The number of fused-ring (bicyclic) bond motifs is 1. The molecule has 3 aromatic rings. The van der Waals surface area contributed by atoms with Gasteiger partial charge in [-0.15, -0.1) is 0 Å². The molecule has 2 bridgehead atoms. The summed E-state index contributed by atoms with van der Waals surface area (Å²) in [6.07, 6.45) is 5.12. The van der Waals surface area contributed by atoms with Gasteiger partial charge in [0.05, 0.1) is 30.6 Å². The highest BCUT2D eigenvalue weighted by atomic mass is 19.1. The van der Waals surface area contributed by atoms with E-state index in [4.69, 9.17) is 4.74 Å². The summed E-state index contributed by atoms with van der Waals surface area (Å²) in [5.74, 6) is 0.641. The van der Waals surface area contributed by atoms with Crippen LogP contribution < -0.4 is 4.90 Å². The molecule has 0 atom stereocenters. The van der Waals surface area contributed by atoms with E-state index in [9.17, 15) is 4.79 Å². The van der Waals surface area contributed by atoms with Crippen LogP contribution in [-0.4, -0.2) is 57.0 Å². The third-order valence-corrected chi connectivity index (χ3v) is 7.28. The van der Waals surface area contributed by atoms with E-state index >= 15 is 4.39 Å². The first-order valence-electron chi connectivity index (χ1n) is 10.8. The van der Waals surface area contributed by atoms with Gasteiger partial charge >= 0.3 is 0 Å². The molecule has 0 aromatic carbocycles. The number of hydrogen-bond acceptors (Lipinski definition) is 5. The van der Waals surface area contributed by atoms with E-state index in [-0.39, 0.29) is 26.1 Å². The van der Waals surface area contributed by atoms with Crippen molar-refractivity contribution in [2.45, 2.75) is 50.6 Å². The van der Waals surface area contributed by atoms with Gasteiger partial charge in [0.15, 0.2) is 17.1 Å². The quantitative estimate of drug-likeness (QED) is 0.672. The molecule has 4 heterocycles. The minimum Gasteiger partial charge on any atom is -0.381 e. The van der Waals surface area contributed by atoms with Crippen molar-refractivity contribution in [3.63, 3.8) is 0 Å². The average Bonchev–Trinajstić information content (AvgIpc) is 3.35. The maximum atomic E-state index is 15.1. The number of hydrogen-bond donors (Lipinski definition) is 2. The van der Waals surface area contributed by atoms with Crippen LogP contribution in [0.5, 0.6) is 0 Å². The number of alkyl halides is 1. The fourth-order valence-electron chi connectivity index (χ4n) is 5.56. The summed E-state index contributed by atoms with van der Waals surface area (Å²) >= 11 is 0. The largest absolute Gasteiger partial charge is 0.381 e. The highest BCUT2D eigenvalue weighted by Crippen LogP contribution is 2.59. The number of nitrogens with one attached hydrogen (secondary N) is 2. The van der Waals surface area contributed by atoms with Gasteiger partial charge in [-0.05, 0) is 36.7 Å². The van der Waals surface area contributed by atoms with Crippen molar-refractivity contribution in [3.8, 4) is 11.5 Å². The standard InChI is InChI=1S/C22H25FN6O2/c1-21-8-12(9-21)16-15(10-21)27-28-17(16)19-25-14-7-13(11-24-18(14)26-19)29(2)20(30)22(23)3-5-31-6-4-22/h7,11-12H,3-6,8-10H2,1-2H3,(H,27,28)(H,24,25,26). The molecular weight excluding hydrogens is 399 g/mol. The molecule has 0 radical (unpaired) electrons. The van der Waals surface area contributed by atoms with Gasteiger partial charge in [-0.2, -0.15) is 5.10 Å². The number of nitrogens with zero attached hydrogens (tertiary/aromatic N) is 4. The molecule has 1 aliphatic heterocycles. The lowest BCUT2D eigenvalue weighted by molar-refractivity contribution is -0.135. The van der Waals surface area contributed by atoms with E-state index in [1.54, 1.807) is 19.3 Å². The number of aromatic nitrogens is 5. The molecular formula is C22H25FN6O2. The first kappa shape index (κ1) is 18.9. The fraction of sp³-hybridized carbons (Fsp3) is 0.545. The minimum atomic E-state index is -1.90. The molecule has 8 nitrogen and oxygen atoms in total. The number of carbonyl (C=O) groups is 1. The molecule has 1 saturated heterocycles. The summed E-state index contributed by atoms with van der Waals surface area (Å²) in [6.45, 7) is 2.84. The van der Waals surface area contributed by atoms with Crippen molar-refractivity contribution in [2.75, 3.05) is 25.2 Å². The topological polar surface area (TPSA) is 99.8 Å². The molecule has 2 N–H and O–H groups in total. The van der Waals surface area contributed by atoms with Crippen molar-refractivity contribution in [1.82, 2.24) is 25.1 Å². The molecule has 1 amide bonds. The SMILES string of the molecule is CN(C(=O)C1(F)CCOCC1)c1cnc2nc(-c3n[nH]c4c3C3CC(C)(C4)C3)[nH]c2c1. The normalized spacial score (nSPS) is 26.4. The van der Waals surface area contributed by atoms with Crippen LogP contribution >= 0.6 is 0 Å². The summed E-state index contributed by atoms with van der Waals surface area (Å²) < 4.78 is 20.3. The highest BCUT2D eigenvalue weighted by molar-refractivity contribution is 6.00. The fourth-order valence-corrected chi connectivity index (χ4v) is 5.56. The van der Waals surface area contributed by atoms with Crippen LogP contribution in [0.2, 0.25) is 0 Å². The third-order valence-electron chi connectivity index (χ3n) is 7.28. The zero-order valence-corrected chi connectivity index (χ0v) is 17.7. The Balaban J connectivity index is 1.31. The van der Waals surface area contributed by atoms with E-state index in [2.05, 4.69) is 32.1 Å². The number of ether oxygens (including phenoxy) is 1. The van der Waals surface area contributed by atoms with E-state index < -0.39 is 11.6 Å². The number of pyridine rings is 1. The Bertz CT molecular complexity index is 1190. The molecule has 3 aliphatic carbocycles. The summed E-state index contributed by atoms with van der Waals surface area (Å²) in [4.78, 5) is 26.5. The Labute approximate surface area is 178 Å². The smallest absolute Gasteiger partial charge is 0.264 e. The van der Waals surface area contributed by atoms with Gasteiger partial charge in [-0.3, -0.25) is 9.89 Å². The highest BCUT2D eigenvalue weighted by Gasteiger charge is 2.49. The Morgan fingerprint density at radius 3 is 2.87 bits per heavy atom. The third kappa shape index (κ3) is 2.82. The number of halogens is 1. The number of imidazole rings is 1. The summed E-state index contributed by atoms with van der Waals surface area (Å²) in [6, 6.07) is 1.79. The Hall–Kier alpha value is -2.81. The minimum absolute atomic E-state index is 0.0739. The van der Waals surface area contributed by atoms with Crippen molar-refractivity contribution in [1.29, 1.82) is 0 Å². The molecule has 1 saturated carbocycles. The number of anilines is 1. The summed E-state index contributed by atoms with van der Waals surface area (Å²) in [5.41, 5.74) is 3.61. The number of amides is 1. The molecule has 2 fully saturated rings. The van der Waals surface area contributed by atoms with Crippen LogP contribution in [0, 0.1) is 5.41 Å². The van der Waals surface area contributed by atoms with Crippen LogP contribution in [0.25, 0.3) is 22.7 Å². The van der Waals surface area contributed by atoms with Crippen molar-refractivity contribution < 1.29 is 13.9 Å². The van der Waals surface area contributed by atoms with Crippen LogP contribution in [0.4, 0.5) is 10.1 Å². The second-order valence-corrected chi connectivity index (χ2v) is 9.65. The lowest BCUT2D eigenvalue weighted by Crippen LogP contribution is -2.48. The Kier molecular flexibility index (Phi) is 3.88. The van der Waals surface area contributed by atoms with E-state index in [0.29, 0.717) is 34.0 Å². The second-order valence-electron chi connectivity index (χ2n) is 9.65. The lowest BCUT2D eigenvalue weighted by atomic mass is 9.54. The van der Waals surface area contributed by atoms with Crippen LogP contribution in [0.1, 0.15) is 49.8 Å². The van der Waals surface area contributed by atoms with Gasteiger partial charge in [0.1, 0.15) is 5.69 Å². The van der Waals surface area contributed by atoms with Crippen molar-refractivity contribution in [3.05, 3.63) is 23.5 Å². The molecule has 0 unspecified atom stereocenters. The zero-order chi connectivity index (χ0) is 21.4. The molecule has 3 aromatic heterocycles. The molecule has 4 aliphatic rings. The first-order chi connectivity index (χ1) is 14.9. The Morgan fingerprint density at radius 2 is 2.10 bits per heavy atom. The zero-order valence-electron chi connectivity index (χ0n) is 17.7. The van der Waals surface area contributed by atoms with Gasteiger partial charge in [0.2, 0.25) is 0 Å². The second kappa shape index (κ2) is 6.35. The molecule has 0 spiro atoms. The maximum absolute atomic E-state index is 15.1. The van der Waals surface area contributed by atoms with Gasteiger partial charge in [-0.25, -0.2) is 14.4 Å². The summed E-state index contributed by atoms with van der Waals surface area (Å²) in [5, 5.41) is 7.76. The number of carbonyl (C=O) groups excluding carboxylic acids is 1. The first-order valence-corrected chi connectivity index (χ1v) is 10.8. The van der Waals surface area contributed by atoms with Crippen molar-refractivity contribution in [2.24, 2.45) is 5.41 Å². The van der Waals surface area contributed by atoms with Gasteiger partial charge in [0.25, 0.3) is 5.91 Å². The molecule has 7 rings (SSSR count). The van der Waals surface area contributed by atoms with Crippen LogP contribution in [0.3, 0.4) is 0 Å². The van der Waals surface area contributed by atoms with Gasteiger partial charge < -0.3 is 14.6 Å². The van der Waals surface area contributed by atoms with E-state index in [1.807, 2.05) is 0 Å². The molecule has 162 valence electrons. The number of rotatable bonds is 3. The monoisotopic (exact) mass is 424 g/mol. The lowest BCUT2D eigenvalue weighted by Gasteiger charge is -2.50. The van der Waals surface area contributed by atoms with E-state index in [1.165, 1.54) is 29.0 Å². The van der Waals surface area contributed by atoms with Crippen LogP contribution in [-0.2, 0) is 16.0 Å². The number of aromatic amines is 2. The van der Waals surface area contributed by atoms with E-state index in [0.717, 1.165) is 12.1 Å². The predicted molar refractivity (Wildman–Crippen MR) is 113 cm³/mol. The van der Waals surface area contributed by atoms with Crippen molar-refractivity contribution >= 4 is 22.8 Å². The Morgan fingerprint density at radius 1 is 1.32 bits per heavy atom. The average molecular weight is 424 g/mol. The van der Waals surface area contributed by atoms with Gasteiger partial charge in [0, 0.05) is 31.1 Å². The number of H-pyrrole nitrogens is 2. The summed E-state index contributed by atoms with van der Waals surface area (Å²) in [7, 11) is 1.58. The molecule has 31 heavy (non-hydrogen) atoms.